The van der Waals surface area contributed by atoms with E-state index < -0.39 is 42.0 Å². The maximum absolute atomic E-state index is 12.3. The third kappa shape index (κ3) is 4.54. The molecule has 0 saturated carbocycles. The van der Waals surface area contributed by atoms with Gasteiger partial charge in [-0.2, -0.15) is 0 Å². The highest BCUT2D eigenvalue weighted by atomic mass is 16.5. The number of rotatable bonds is 7. The number of carbonyl (C=O) groups excluding carboxylic acids is 5. The fraction of sp³-hybridized carbons (Fsp3) is 0.421. The van der Waals surface area contributed by atoms with Gasteiger partial charge in [0.2, 0.25) is 0 Å². The van der Waals surface area contributed by atoms with Crippen molar-refractivity contribution in [3.63, 3.8) is 0 Å². The number of nitrogens with one attached hydrogen (secondary N) is 2. The number of hydrogen-bond donors (Lipinski definition) is 2. The summed E-state index contributed by atoms with van der Waals surface area (Å²) in [7, 11) is 0. The number of carbonyl (C=O) groups is 5. The van der Waals surface area contributed by atoms with Crippen LogP contribution in [0.2, 0.25) is 0 Å². The van der Waals surface area contributed by atoms with Crippen molar-refractivity contribution in [2.24, 2.45) is 0 Å². The molecule has 1 aromatic carbocycles. The van der Waals surface area contributed by atoms with Crippen LogP contribution in [-0.4, -0.2) is 52.7 Å². The fourth-order valence-corrected chi connectivity index (χ4v) is 2.61. The van der Waals surface area contributed by atoms with Crippen LogP contribution in [0.1, 0.15) is 44.5 Å². The molecule has 28 heavy (non-hydrogen) atoms. The smallest absolute Gasteiger partial charge is 0.327 e. The lowest BCUT2D eigenvalue weighted by molar-refractivity contribution is -0.155. The molecule has 2 atom stereocenters. The lowest BCUT2D eigenvalue weighted by atomic mass is 9.99. The van der Waals surface area contributed by atoms with E-state index in [2.05, 4.69) is 10.6 Å². The first-order valence-electron chi connectivity index (χ1n) is 8.83. The molecule has 0 aliphatic carbocycles. The fourth-order valence-electron chi connectivity index (χ4n) is 2.61. The lowest BCUT2D eigenvalue weighted by Gasteiger charge is -2.19. The topological polar surface area (TPSA) is 122 Å². The van der Waals surface area contributed by atoms with Gasteiger partial charge < -0.3 is 15.4 Å². The van der Waals surface area contributed by atoms with E-state index in [4.69, 9.17) is 4.74 Å². The van der Waals surface area contributed by atoms with Crippen molar-refractivity contribution in [2.45, 2.75) is 45.8 Å². The van der Waals surface area contributed by atoms with Crippen molar-refractivity contribution in [3.05, 3.63) is 29.8 Å². The number of esters is 1. The van der Waals surface area contributed by atoms with Gasteiger partial charge in [-0.25, -0.2) is 4.79 Å². The highest BCUT2D eigenvalue weighted by Crippen LogP contribution is 2.20. The van der Waals surface area contributed by atoms with Gasteiger partial charge >= 0.3 is 12.0 Å². The molecular formula is C19H23N3O6. The summed E-state index contributed by atoms with van der Waals surface area (Å²) < 4.78 is 5.03. The minimum absolute atomic E-state index is 0.150. The van der Waals surface area contributed by atoms with Gasteiger partial charge in [0.1, 0.15) is 12.1 Å². The Morgan fingerprint density at radius 2 is 1.96 bits per heavy atom. The molecule has 0 bridgehead atoms. The molecule has 4 amide bonds. The van der Waals surface area contributed by atoms with Crippen molar-refractivity contribution >= 4 is 35.3 Å². The standard InChI is InChI=1S/C19H23N3O6/c1-5-19(4)17(26)22(18(27)21-19)10-15(24)28-12(3)16(25)20-14-8-6-7-13(9-14)11(2)23/h6-9,12H,5,10H2,1-4H3,(H,20,25)(H,21,27)/t12-,19+/m1/s1. The van der Waals surface area contributed by atoms with Crippen molar-refractivity contribution in [1.82, 2.24) is 10.2 Å². The van der Waals surface area contributed by atoms with Crippen LogP contribution < -0.4 is 10.6 Å². The van der Waals surface area contributed by atoms with E-state index in [1.807, 2.05) is 0 Å². The maximum Gasteiger partial charge on any atom is 0.327 e. The zero-order valence-corrected chi connectivity index (χ0v) is 16.2. The van der Waals surface area contributed by atoms with Gasteiger partial charge in [-0.1, -0.05) is 19.1 Å². The molecule has 1 saturated heterocycles. The Balaban J connectivity index is 1.94. The Labute approximate surface area is 162 Å². The van der Waals surface area contributed by atoms with Crippen LogP contribution in [0.15, 0.2) is 24.3 Å². The van der Waals surface area contributed by atoms with Crippen molar-refractivity contribution in [2.75, 3.05) is 11.9 Å². The van der Waals surface area contributed by atoms with E-state index in [1.54, 1.807) is 32.0 Å². The van der Waals surface area contributed by atoms with Crippen LogP contribution in [0.25, 0.3) is 0 Å². The molecule has 1 aliphatic rings. The predicted octanol–water partition coefficient (Wildman–Crippen LogP) is 1.48. The second kappa shape index (κ2) is 8.20. The molecule has 150 valence electrons. The molecule has 1 heterocycles. The second-order valence-corrected chi connectivity index (χ2v) is 6.77. The molecule has 2 N–H and O–H groups in total. The Hall–Kier alpha value is -3.23. The SMILES string of the molecule is CC[C@]1(C)NC(=O)N(CC(=O)O[C@H](C)C(=O)Nc2cccc(C(C)=O)c2)C1=O. The predicted molar refractivity (Wildman–Crippen MR) is 99.6 cm³/mol. The number of nitrogens with zero attached hydrogens (tertiary/aromatic N) is 1. The largest absolute Gasteiger partial charge is 0.451 e. The van der Waals surface area contributed by atoms with Crippen LogP contribution in [0.3, 0.4) is 0 Å². The van der Waals surface area contributed by atoms with E-state index >= 15 is 0 Å². The number of ether oxygens (including phenoxy) is 1. The lowest BCUT2D eigenvalue weighted by Crippen LogP contribution is -2.44. The number of ketones is 1. The second-order valence-electron chi connectivity index (χ2n) is 6.77. The Kier molecular flexibility index (Phi) is 6.17. The summed E-state index contributed by atoms with van der Waals surface area (Å²) in [4.78, 5) is 60.7. The summed E-state index contributed by atoms with van der Waals surface area (Å²) in [6, 6.07) is 5.66. The van der Waals surface area contributed by atoms with Gasteiger partial charge in [0.25, 0.3) is 11.8 Å². The quantitative estimate of drug-likeness (QED) is 0.414. The molecule has 2 rings (SSSR count). The Bertz CT molecular complexity index is 837. The van der Waals surface area contributed by atoms with Gasteiger partial charge in [-0.15, -0.1) is 0 Å². The van der Waals surface area contributed by atoms with Crippen LogP contribution >= 0.6 is 0 Å². The summed E-state index contributed by atoms with van der Waals surface area (Å²) in [5.41, 5.74) is -0.240. The average molecular weight is 389 g/mol. The van der Waals surface area contributed by atoms with Gasteiger partial charge in [-0.05, 0) is 39.3 Å². The average Bonchev–Trinajstić information content (AvgIpc) is 2.85. The first-order valence-corrected chi connectivity index (χ1v) is 8.83. The zero-order valence-electron chi connectivity index (χ0n) is 16.2. The number of anilines is 1. The van der Waals surface area contributed by atoms with Crippen molar-refractivity contribution in [1.29, 1.82) is 0 Å². The summed E-state index contributed by atoms with van der Waals surface area (Å²) in [5.74, 6) is -2.16. The van der Waals surface area contributed by atoms with Gasteiger partial charge in [0.05, 0.1) is 0 Å². The summed E-state index contributed by atoms with van der Waals surface area (Å²) >= 11 is 0. The number of benzene rings is 1. The molecule has 1 aliphatic heterocycles. The molecular weight excluding hydrogens is 366 g/mol. The van der Waals surface area contributed by atoms with Crippen molar-refractivity contribution in [3.8, 4) is 0 Å². The van der Waals surface area contributed by atoms with Gasteiger partial charge in [-0.3, -0.25) is 24.1 Å². The number of Topliss-reactive ketones (excluding diaryl/α,β-unsaturated/α-hetero) is 1. The van der Waals surface area contributed by atoms with E-state index in [-0.39, 0.29) is 5.78 Å². The molecule has 9 nitrogen and oxygen atoms in total. The van der Waals surface area contributed by atoms with Crippen LogP contribution in [0, 0.1) is 0 Å². The number of hydrogen-bond acceptors (Lipinski definition) is 6. The van der Waals surface area contributed by atoms with Crippen molar-refractivity contribution < 1.29 is 28.7 Å². The van der Waals surface area contributed by atoms with Gasteiger partial charge in [0, 0.05) is 11.3 Å². The minimum atomic E-state index is -1.16. The Morgan fingerprint density at radius 3 is 2.54 bits per heavy atom. The highest BCUT2D eigenvalue weighted by molar-refractivity contribution is 6.08. The summed E-state index contributed by atoms with van der Waals surface area (Å²) in [5, 5.41) is 5.08. The normalized spacial score (nSPS) is 19.8. The van der Waals surface area contributed by atoms with E-state index in [0.717, 1.165) is 4.90 Å². The third-order valence-electron chi connectivity index (χ3n) is 4.55. The molecule has 1 fully saturated rings. The van der Waals surface area contributed by atoms with Crippen LogP contribution in [0.5, 0.6) is 0 Å². The number of imide groups is 1. The highest BCUT2D eigenvalue weighted by Gasteiger charge is 2.47. The maximum atomic E-state index is 12.3. The summed E-state index contributed by atoms with van der Waals surface area (Å²) in [6.45, 7) is 5.50. The Morgan fingerprint density at radius 1 is 1.29 bits per heavy atom. The monoisotopic (exact) mass is 389 g/mol. The molecule has 0 spiro atoms. The molecule has 9 heteroatoms. The molecule has 1 aromatic rings. The first-order chi connectivity index (χ1) is 13.1. The molecule has 0 aromatic heterocycles. The van der Waals surface area contributed by atoms with E-state index in [0.29, 0.717) is 17.7 Å². The summed E-state index contributed by atoms with van der Waals surface area (Å²) in [6.07, 6.45) is -0.784. The van der Waals surface area contributed by atoms with E-state index in [1.165, 1.54) is 19.9 Å². The molecule has 0 unspecified atom stereocenters. The van der Waals surface area contributed by atoms with Gasteiger partial charge in [0.15, 0.2) is 11.9 Å². The van der Waals surface area contributed by atoms with E-state index in [9.17, 15) is 24.0 Å². The number of amides is 4. The minimum Gasteiger partial charge on any atom is -0.451 e. The van der Waals surface area contributed by atoms with Crippen LogP contribution in [0.4, 0.5) is 10.5 Å². The third-order valence-corrected chi connectivity index (χ3v) is 4.55. The number of urea groups is 1. The zero-order chi connectivity index (χ0) is 21.1. The molecule has 0 radical (unpaired) electrons. The first kappa shape index (κ1) is 21.1. The van der Waals surface area contributed by atoms with Crippen LogP contribution in [-0.2, 0) is 19.1 Å².